The van der Waals surface area contributed by atoms with Crippen molar-refractivity contribution in [3.8, 4) is 0 Å². The molecule has 2 N–H and O–H groups in total. The summed E-state index contributed by atoms with van der Waals surface area (Å²) in [6.07, 6.45) is 1.03. The third kappa shape index (κ3) is 6.57. The first-order valence-electron chi connectivity index (χ1n) is 7.48. The van der Waals surface area contributed by atoms with E-state index >= 15 is 0 Å². The van der Waals surface area contributed by atoms with Gasteiger partial charge in [-0.1, -0.05) is 31.2 Å². The molecular formula is C17H28O4. The topological polar surface area (TPSA) is 58.9 Å². The summed E-state index contributed by atoms with van der Waals surface area (Å²) in [5.74, 6) is 0.326. The normalized spacial score (nSPS) is 15.7. The zero-order valence-electron chi connectivity index (χ0n) is 13.3. The first kappa shape index (κ1) is 18.1. The molecule has 1 aromatic rings. The highest BCUT2D eigenvalue weighted by molar-refractivity contribution is 5.25. The lowest BCUT2D eigenvalue weighted by Crippen LogP contribution is -2.26. The zero-order valence-corrected chi connectivity index (χ0v) is 13.3. The van der Waals surface area contributed by atoms with Gasteiger partial charge in [-0.05, 0) is 42.7 Å². The lowest BCUT2D eigenvalue weighted by Gasteiger charge is -2.24. The molecule has 4 nitrogen and oxygen atoms in total. The van der Waals surface area contributed by atoms with Crippen molar-refractivity contribution < 1.29 is 19.7 Å². The molecule has 0 unspecified atom stereocenters. The van der Waals surface area contributed by atoms with Crippen molar-refractivity contribution in [2.45, 2.75) is 32.8 Å². The van der Waals surface area contributed by atoms with Crippen LogP contribution in [0, 0.1) is 18.8 Å². The highest BCUT2D eigenvalue weighted by Crippen LogP contribution is 2.22. The van der Waals surface area contributed by atoms with Crippen LogP contribution in [0.2, 0.25) is 0 Å². The lowest BCUT2D eigenvalue weighted by molar-refractivity contribution is -0.0488. The minimum Gasteiger partial charge on any atom is -0.394 e. The van der Waals surface area contributed by atoms with Crippen LogP contribution in [0.3, 0.4) is 0 Å². The maximum Gasteiger partial charge on any atom is 0.146 e. The summed E-state index contributed by atoms with van der Waals surface area (Å²) in [5.41, 5.74) is 2.57. The number of aliphatic hydroxyl groups excluding tert-OH is 2. The largest absolute Gasteiger partial charge is 0.394 e. The Morgan fingerprint density at radius 1 is 1.24 bits per heavy atom. The number of ether oxygens (including phenoxy) is 2. The molecule has 1 rings (SSSR count). The molecule has 0 fully saturated rings. The van der Waals surface area contributed by atoms with E-state index in [0.29, 0.717) is 6.61 Å². The molecular weight excluding hydrogens is 268 g/mol. The first-order chi connectivity index (χ1) is 10.1. The van der Waals surface area contributed by atoms with Crippen LogP contribution in [-0.4, -0.2) is 43.4 Å². The zero-order chi connectivity index (χ0) is 15.7. The Bertz CT molecular complexity index is 394. The third-order valence-corrected chi connectivity index (χ3v) is 3.87. The molecule has 0 spiro atoms. The molecule has 4 heteroatoms. The van der Waals surface area contributed by atoms with Gasteiger partial charge in [0.2, 0.25) is 0 Å². The van der Waals surface area contributed by atoms with Gasteiger partial charge in [-0.15, -0.1) is 0 Å². The average Bonchev–Trinajstić information content (AvgIpc) is 2.48. The van der Waals surface area contributed by atoms with Crippen LogP contribution in [0.1, 0.15) is 24.5 Å². The van der Waals surface area contributed by atoms with Gasteiger partial charge in [-0.25, -0.2) is 0 Å². The predicted molar refractivity (Wildman–Crippen MR) is 83.1 cm³/mol. The quantitative estimate of drug-likeness (QED) is 0.513. The predicted octanol–water partition coefficient (Wildman–Crippen LogP) is 2.15. The van der Waals surface area contributed by atoms with E-state index < -0.39 is 6.10 Å². The van der Waals surface area contributed by atoms with Crippen molar-refractivity contribution in [2.75, 3.05) is 27.1 Å². The summed E-state index contributed by atoms with van der Waals surface area (Å²) < 4.78 is 10.4. The second kappa shape index (κ2) is 9.90. The van der Waals surface area contributed by atoms with E-state index in [-0.39, 0.29) is 25.2 Å². The fourth-order valence-electron chi connectivity index (χ4n) is 2.52. The van der Waals surface area contributed by atoms with Gasteiger partial charge in [0.05, 0.1) is 19.3 Å². The Labute approximate surface area is 127 Å². The smallest absolute Gasteiger partial charge is 0.146 e. The van der Waals surface area contributed by atoms with Crippen molar-refractivity contribution in [3.05, 3.63) is 35.4 Å². The minimum absolute atomic E-state index is 0.0372. The van der Waals surface area contributed by atoms with E-state index in [1.807, 2.05) is 19.1 Å². The van der Waals surface area contributed by atoms with Crippen molar-refractivity contribution in [1.29, 1.82) is 0 Å². The molecule has 0 radical (unpaired) electrons. The monoisotopic (exact) mass is 296 g/mol. The number of aryl methyl sites for hydroxylation is 1. The van der Waals surface area contributed by atoms with Gasteiger partial charge in [-0.2, -0.15) is 0 Å². The molecule has 0 heterocycles. The highest BCUT2D eigenvalue weighted by atomic mass is 16.7. The van der Waals surface area contributed by atoms with E-state index in [1.54, 1.807) is 7.11 Å². The average molecular weight is 296 g/mol. The van der Waals surface area contributed by atoms with E-state index in [1.165, 1.54) is 11.1 Å². The van der Waals surface area contributed by atoms with Crippen LogP contribution >= 0.6 is 0 Å². The summed E-state index contributed by atoms with van der Waals surface area (Å²) in [4.78, 5) is 0. The van der Waals surface area contributed by atoms with Crippen LogP contribution in [-0.2, 0) is 15.9 Å². The van der Waals surface area contributed by atoms with Gasteiger partial charge in [0.1, 0.15) is 6.79 Å². The van der Waals surface area contributed by atoms with E-state index in [0.717, 1.165) is 12.8 Å². The Morgan fingerprint density at radius 2 is 1.95 bits per heavy atom. The summed E-state index contributed by atoms with van der Waals surface area (Å²) in [6.45, 7) is 4.74. The Balaban J connectivity index is 2.65. The number of methoxy groups -OCH3 is 1. The van der Waals surface area contributed by atoms with Gasteiger partial charge >= 0.3 is 0 Å². The van der Waals surface area contributed by atoms with Crippen molar-refractivity contribution in [1.82, 2.24) is 0 Å². The molecule has 21 heavy (non-hydrogen) atoms. The summed E-state index contributed by atoms with van der Waals surface area (Å²) in [7, 11) is 1.61. The Kier molecular flexibility index (Phi) is 8.54. The molecule has 0 saturated heterocycles. The maximum atomic E-state index is 9.75. The fourth-order valence-corrected chi connectivity index (χ4v) is 2.52. The number of hydrogen-bond donors (Lipinski definition) is 2. The minimum atomic E-state index is -0.674. The molecule has 0 aliphatic heterocycles. The first-order valence-corrected chi connectivity index (χ1v) is 7.48. The van der Waals surface area contributed by atoms with Crippen LogP contribution in [0.4, 0.5) is 0 Å². The molecule has 120 valence electrons. The van der Waals surface area contributed by atoms with Gasteiger partial charge in [0.25, 0.3) is 0 Å². The van der Waals surface area contributed by atoms with E-state index in [4.69, 9.17) is 14.6 Å². The highest BCUT2D eigenvalue weighted by Gasteiger charge is 2.20. The molecule has 0 saturated carbocycles. The Hall–Kier alpha value is -0.940. The van der Waals surface area contributed by atoms with Gasteiger partial charge in [0, 0.05) is 7.11 Å². The summed E-state index contributed by atoms with van der Waals surface area (Å²) in [6, 6.07) is 8.31. The fraction of sp³-hybridized carbons (Fsp3) is 0.647. The van der Waals surface area contributed by atoms with Crippen molar-refractivity contribution >= 4 is 0 Å². The van der Waals surface area contributed by atoms with Crippen molar-refractivity contribution in [3.63, 3.8) is 0 Å². The number of benzene rings is 1. The summed E-state index contributed by atoms with van der Waals surface area (Å²) in [5, 5.41) is 18.8. The van der Waals surface area contributed by atoms with E-state index in [2.05, 4.69) is 19.1 Å². The lowest BCUT2D eigenvalue weighted by atomic mass is 9.87. The second-order valence-corrected chi connectivity index (χ2v) is 5.74. The standard InChI is InChI=1S/C17H28O4/c1-13-6-4-5-7-16(13)9-15(11-21-12-20-3)8-14(2)17(19)10-18/h4-7,14-15,17-19H,8-12H2,1-3H3/t14-,15+,17+/m0/s1. The van der Waals surface area contributed by atoms with Crippen LogP contribution < -0.4 is 0 Å². The van der Waals surface area contributed by atoms with Crippen LogP contribution in [0.25, 0.3) is 0 Å². The summed E-state index contributed by atoms with van der Waals surface area (Å²) >= 11 is 0. The molecule has 0 aliphatic rings. The SMILES string of the molecule is COCOC[C@@H](Cc1ccccc1C)C[C@H](C)[C@H](O)CO. The maximum absolute atomic E-state index is 9.75. The second-order valence-electron chi connectivity index (χ2n) is 5.74. The van der Waals surface area contributed by atoms with Gasteiger partial charge in [-0.3, -0.25) is 0 Å². The van der Waals surface area contributed by atoms with Crippen molar-refractivity contribution in [2.24, 2.45) is 11.8 Å². The molecule has 0 bridgehead atoms. The number of hydrogen-bond acceptors (Lipinski definition) is 4. The molecule has 3 atom stereocenters. The van der Waals surface area contributed by atoms with E-state index in [9.17, 15) is 5.11 Å². The van der Waals surface area contributed by atoms with Crippen LogP contribution in [0.5, 0.6) is 0 Å². The molecule has 0 aromatic heterocycles. The third-order valence-electron chi connectivity index (χ3n) is 3.87. The Morgan fingerprint density at radius 3 is 2.57 bits per heavy atom. The number of rotatable bonds is 10. The van der Waals surface area contributed by atoms with Crippen LogP contribution in [0.15, 0.2) is 24.3 Å². The molecule has 1 aromatic carbocycles. The van der Waals surface area contributed by atoms with Gasteiger partial charge < -0.3 is 19.7 Å². The van der Waals surface area contributed by atoms with Gasteiger partial charge in [0.15, 0.2) is 0 Å². The molecule has 0 aliphatic carbocycles. The number of aliphatic hydroxyl groups is 2. The molecule has 0 amide bonds.